The Morgan fingerprint density at radius 1 is 0.437 bits per heavy atom. The van der Waals surface area contributed by atoms with Crippen molar-refractivity contribution in [3.63, 3.8) is 0 Å². The van der Waals surface area contributed by atoms with Gasteiger partial charge < -0.3 is 56.1 Å². The number of amides is 6. The first-order valence-electron chi connectivity index (χ1n) is 30.2. The summed E-state index contributed by atoms with van der Waals surface area (Å²) in [5.74, 6) is -0.742. The molecule has 556 valence electrons. The zero-order chi connectivity index (χ0) is 76.2. The Kier molecular flexibility index (Phi) is 31.5. The molecule has 1 N–H and O–H groups in total. The molecule has 5 aromatic carbocycles. The van der Waals surface area contributed by atoms with Crippen LogP contribution in [0.2, 0.25) is 0 Å². The summed E-state index contributed by atoms with van der Waals surface area (Å²) in [4.78, 5) is 103. The number of hydrogen-bond acceptors (Lipinski definition) is 25. The van der Waals surface area contributed by atoms with Crippen molar-refractivity contribution in [3.05, 3.63) is 155 Å². The van der Waals surface area contributed by atoms with E-state index >= 15 is 0 Å². The molecule has 5 aliphatic rings. The number of halogens is 6. The van der Waals surface area contributed by atoms with E-state index in [-0.39, 0.29) is 77.6 Å². The number of nitrogens with zero attached hydrogens (tertiary/aromatic N) is 3. The predicted octanol–water partition coefficient (Wildman–Crippen LogP) is 8.81. The molecule has 5 saturated heterocycles. The molecular formula is C67H69F6N3O25S2. The number of benzene rings is 5. The molecule has 0 aliphatic carbocycles. The molecule has 0 saturated carbocycles. The summed E-state index contributed by atoms with van der Waals surface area (Å²) in [5, 5.41) is 9.09. The number of aromatic hydroxyl groups is 1. The maximum absolute atomic E-state index is 12.3. The van der Waals surface area contributed by atoms with Crippen LogP contribution in [0.3, 0.4) is 0 Å². The van der Waals surface area contributed by atoms with Crippen LogP contribution in [0.1, 0.15) is 104 Å². The van der Waals surface area contributed by atoms with E-state index in [2.05, 4.69) is 19.7 Å². The van der Waals surface area contributed by atoms with Crippen molar-refractivity contribution >= 4 is 86.7 Å². The maximum atomic E-state index is 12.3. The molecule has 0 atom stereocenters. The third kappa shape index (κ3) is 24.1. The Bertz CT molecular complexity index is 4110. The average molecular weight is 1490 g/mol. The minimum Gasteiger partial charge on any atom is -0.504 e. The van der Waals surface area contributed by atoms with Gasteiger partial charge in [0, 0.05) is 97.1 Å². The minimum atomic E-state index is -5.77. The first-order valence-corrected chi connectivity index (χ1v) is 33.0. The number of likely N-dealkylation sites (tertiary alicyclic amines) is 3. The second kappa shape index (κ2) is 39.0. The van der Waals surface area contributed by atoms with E-state index in [1.54, 1.807) is 49.6 Å². The van der Waals surface area contributed by atoms with E-state index in [1.807, 2.05) is 24.3 Å². The normalized spacial score (nSPS) is 15.5. The van der Waals surface area contributed by atoms with Gasteiger partial charge in [-0.3, -0.25) is 57.9 Å². The van der Waals surface area contributed by atoms with Gasteiger partial charge in [-0.05, 0) is 66.7 Å². The fourth-order valence-corrected chi connectivity index (χ4v) is 9.99. The largest absolute Gasteiger partial charge is 0.534 e. The number of alkyl halides is 6. The molecule has 10 rings (SSSR count). The molecule has 5 heterocycles. The van der Waals surface area contributed by atoms with Gasteiger partial charge in [0.25, 0.3) is 0 Å². The van der Waals surface area contributed by atoms with Gasteiger partial charge in [-0.2, -0.15) is 43.2 Å². The molecule has 0 bridgehead atoms. The number of rotatable bonds is 22. The molecular weight excluding hydrogens is 1420 g/mol. The second-order valence-electron chi connectivity index (χ2n) is 21.0. The molecule has 0 unspecified atom stereocenters. The summed E-state index contributed by atoms with van der Waals surface area (Å²) in [5.41, 5.74) is -6.91. The lowest BCUT2D eigenvalue weighted by Gasteiger charge is -2.15. The number of imide groups is 3. The molecule has 5 fully saturated rings. The Morgan fingerprint density at radius 3 is 1.11 bits per heavy atom. The molecule has 103 heavy (non-hydrogen) atoms. The van der Waals surface area contributed by atoms with Crippen LogP contribution in [-0.2, 0) is 68.0 Å². The van der Waals surface area contributed by atoms with E-state index in [4.69, 9.17) is 43.0 Å². The van der Waals surface area contributed by atoms with Crippen LogP contribution in [0.15, 0.2) is 116 Å². The van der Waals surface area contributed by atoms with Crippen LogP contribution in [0, 0.1) is 0 Å². The van der Waals surface area contributed by atoms with E-state index in [9.17, 15) is 86.3 Å². The van der Waals surface area contributed by atoms with Crippen molar-refractivity contribution in [3.8, 4) is 46.0 Å². The number of ether oxygens (including phenoxy) is 9. The van der Waals surface area contributed by atoms with E-state index in [0.717, 1.165) is 54.4 Å². The molecule has 28 nitrogen and oxygen atoms in total. The standard InChI is InChI=1S/C17H19NO5.C15H15NO4.C11H11F3O6S.C9H7F3O5S.C8H8O3.C7H9NO2/c1-21-14-11-13(17-22-9-10-23-17)5-4-12(14)3-2-8-18-15(19)6-7-16(18)20;1-20-13-9-11(10-17)4-5-12(13)3-2-8-16-14(18)6-7-15(16)19;1-17-9-6-7(10-18-4-5-19-10)2-3-8(9)20-21(15,16)11(12,13)14;1-16-8-4-6(5-13)2-3-7(8)17-18(14,15)9(10,11)12;1-11-8-4-6(5-9)2-3-7(8)10;1-2-5-8-6(9)3-4-7(8)10/h2-5,11,17H,6-10H2,1H3;2-5,9-10H,6-8H2,1H3;2-3,6,10H,4-5H2,1H3;2-5H,1H3;2-5,10H,1H3;2H,1,3-5H2/b2*3-2+;;;;. The summed E-state index contributed by atoms with van der Waals surface area (Å²) in [6.45, 7) is 6.30. The van der Waals surface area contributed by atoms with Crippen LogP contribution >= 0.6 is 0 Å². The van der Waals surface area contributed by atoms with Gasteiger partial charge >= 0.3 is 31.3 Å². The van der Waals surface area contributed by atoms with E-state index in [1.165, 1.54) is 66.4 Å². The van der Waals surface area contributed by atoms with E-state index in [0.29, 0.717) is 118 Å². The summed E-state index contributed by atoms with van der Waals surface area (Å²) in [6, 6.07) is 21.9. The van der Waals surface area contributed by atoms with Crippen molar-refractivity contribution in [2.45, 2.75) is 62.1 Å². The highest BCUT2D eigenvalue weighted by atomic mass is 32.2. The fraction of sp³-hybridized carbons (Fsp3) is 0.328. The zero-order valence-corrected chi connectivity index (χ0v) is 57.1. The first kappa shape index (κ1) is 83.1. The van der Waals surface area contributed by atoms with Crippen LogP contribution < -0.4 is 32.1 Å². The van der Waals surface area contributed by atoms with Crippen molar-refractivity contribution in [2.24, 2.45) is 0 Å². The zero-order valence-electron chi connectivity index (χ0n) is 55.5. The first-order chi connectivity index (χ1) is 48.8. The fourth-order valence-electron chi connectivity index (χ4n) is 9.06. The quantitative estimate of drug-likeness (QED) is 0.0169. The van der Waals surface area contributed by atoms with E-state index < -0.39 is 49.0 Å². The Hall–Kier alpha value is -10.5. The van der Waals surface area contributed by atoms with Gasteiger partial charge in [-0.25, -0.2) is 0 Å². The molecule has 0 radical (unpaired) electrons. The minimum absolute atomic E-state index is 0.0399. The van der Waals surface area contributed by atoms with Crippen molar-refractivity contribution < 1.29 is 142 Å². The highest BCUT2D eigenvalue weighted by molar-refractivity contribution is 7.88. The third-order valence-electron chi connectivity index (χ3n) is 14.2. The molecule has 6 amide bonds. The number of hydrogen-bond donors (Lipinski definition) is 1. The summed E-state index contributed by atoms with van der Waals surface area (Å²) < 4.78 is 171. The Balaban J connectivity index is 0.000000227. The predicted molar refractivity (Wildman–Crippen MR) is 349 cm³/mol. The molecule has 0 aromatic heterocycles. The Morgan fingerprint density at radius 2 is 0.738 bits per heavy atom. The van der Waals surface area contributed by atoms with Crippen molar-refractivity contribution in [1.82, 2.24) is 14.7 Å². The smallest absolute Gasteiger partial charge is 0.504 e. The molecule has 5 aromatic rings. The summed E-state index contributed by atoms with van der Waals surface area (Å²) in [6.07, 6.45) is 11.5. The monoisotopic (exact) mass is 1490 g/mol. The van der Waals surface area contributed by atoms with Gasteiger partial charge in [0.2, 0.25) is 35.4 Å². The maximum Gasteiger partial charge on any atom is 0.534 e. The van der Waals surface area contributed by atoms with Crippen molar-refractivity contribution in [2.75, 3.05) is 81.6 Å². The molecule has 36 heteroatoms. The number of carbonyl (C=O) groups is 9. The highest BCUT2D eigenvalue weighted by Gasteiger charge is 2.50. The topological polar surface area (TPSA) is 353 Å². The SMILES string of the molecule is C=CCN1C(=O)CCC1=O.COc1cc(C2OCCO2)ccc1/C=C/CN1C(=O)CCC1=O.COc1cc(C2OCCO2)ccc1OS(=O)(=O)C(F)(F)F.COc1cc(C=O)ccc1/C=C/CN1C(=O)CCC1=O.COc1cc(C=O)ccc1O.COc1cc(C=O)ccc1OS(=O)(=O)C(F)(F)F. The van der Waals surface area contributed by atoms with Crippen LogP contribution in [0.5, 0.6) is 46.0 Å². The number of carbonyl (C=O) groups excluding carboxylic acids is 9. The third-order valence-corrected chi connectivity index (χ3v) is 16.1. The van der Waals surface area contributed by atoms with Crippen LogP contribution in [0.4, 0.5) is 26.3 Å². The lowest BCUT2D eigenvalue weighted by atomic mass is 10.1. The lowest BCUT2D eigenvalue weighted by molar-refractivity contribution is -0.139. The van der Waals surface area contributed by atoms with Gasteiger partial charge in [0.15, 0.2) is 47.1 Å². The number of phenolic OH excluding ortho intramolecular Hbond substituents is 1. The van der Waals surface area contributed by atoms with Crippen LogP contribution in [0.25, 0.3) is 12.2 Å². The highest BCUT2D eigenvalue weighted by Crippen LogP contribution is 2.38. The molecule has 5 aliphatic heterocycles. The molecule has 0 spiro atoms. The van der Waals surface area contributed by atoms with Gasteiger partial charge in [0.1, 0.15) is 30.4 Å². The lowest BCUT2D eigenvalue weighted by Crippen LogP contribution is -2.28. The number of methoxy groups -OCH3 is 5. The van der Waals surface area contributed by atoms with Gasteiger partial charge in [-0.15, -0.1) is 6.58 Å². The van der Waals surface area contributed by atoms with Crippen molar-refractivity contribution in [1.29, 1.82) is 0 Å². The average Bonchev–Trinajstić information content (AvgIpc) is 1.53. The number of aldehydes is 3. The van der Waals surface area contributed by atoms with Crippen LogP contribution in [-0.4, -0.2) is 184 Å². The second-order valence-corrected chi connectivity index (χ2v) is 24.1. The van der Waals surface area contributed by atoms with Gasteiger partial charge in [-0.1, -0.05) is 54.6 Å². The Labute approximate surface area is 586 Å². The van der Waals surface area contributed by atoms with Gasteiger partial charge in [0.05, 0.1) is 62.0 Å². The number of phenols is 1. The summed E-state index contributed by atoms with van der Waals surface area (Å²) in [7, 11) is -4.71. The summed E-state index contributed by atoms with van der Waals surface area (Å²) >= 11 is 0.